The maximum atomic E-state index is 12.2. The first-order valence-electron chi connectivity index (χ1n) is 6.74. The Balaban J connectivity index is 1.89. The normalized spacial score (nSPS) is 25.8. The van der Waals surface area contributed by atoms with Gasteiger partial charge in [0.25, 0.3) is 5.91 Å². The number of likely N-dealkylation sites (tertiary alicyclic amines) is 1. The van der Waals surface area contributed by atoms with E-state index in [0.717, 1.165) is 12.8 Å². The Kier molecular flexibility index (Phi) is 4.22. The SMILES string of the molecule is CC(OCC1CC1)C(=O)N1CCCC[C@@H]1C(=O)O. The molecule has 1 aliphatic carbocycles. The summed E-state index contributed by atoms with van der Waals surface area (Å²) in [6.45, 7) is 2.88. The summed E-state index contributed by atoms with van der Waals surface area (Å²) >= 11 is 0. The molecule has 1 amide bonds. The van der Waals surface area contributed by atoms with Gasteiger partial charge in [0.15, 0.2) is 0 Å². The van der Waals surface area contributed by atoms with Crippen molar-refractivity contribution in [3.63, 3.8) is 0 Å². The van der Waals surface area contributed by atoms with E-state index in [-0.39, 0.29) is 5.91 Å². The topological polar surface area (TPSA) is 66.8 Å². The van der Waals surface area contributed by atoms with Crippen molar-refractivity contribution in [1.82, 2.24) is 4.90 Å². The number of amides is 1. The second kappa shape index (κ2) is 5.69. The van der Waals surface area contributed by atoms with Gasteiger partial charge in [0, 0.05) is 6.54 Å². The molecule has 2 atom stereocenters. The number of hydrogen-bond acceptors (Lipinski definition) is 3. The quantitative estimate of drug-likeness (QED) is 0.803. The number of nitrogens with zero attached hydrogens (tertiary/aromatic N) is 1. The van der Waals surface area contributed by atoms with E-state index in [9.17, 15) is 9.59 Å². The molecule has 0 spiro atoms. The first-order valence-corrected chi connectivity index (χ1v) is 6.74. The molecule has 1 aliphatic heterocycles. The minimum atomic E-state index is -0.905. The Morgan fingerprint density at radius 3 is 2.67 bits per heavy atom. The van der Waals surface area contributed by atoms with Crippen LogP contribution >= 0.6 is 0 Å². The van der Waals surface area contributed by atoms with Crippen LogP contribution in [0.4, 0.5) is 0 Å². The molecule has 5 nitrogen and oxygen atoms in total. The van der Waals surface area contributed by atoms with E-state index in [1.807, 2.05) is 0 Å². The summed E-state index contributed by atoms with van der Waals surface area (Å²) in [5.74, 6) is -0.475. The van der Waals surface area contributed by atoms with Gasteiger partial charge >= 0.3 is 5.97 Å². The molecule has 0 aromatic carbocycles. The molecule has 0 aromatic heterocycles. The molecular formula is C13H21NO4. The van der Waals surface area contributed by atoms with E-state index >= 15 is 0 Å². The molecule has 0 aromatic rings. The van der Waals surface area contributed by atoms with Gasteiger partial charge in [-0.05, 0) is 44.9 Å². The van der Waals surface area contributed by atoms with E-state index < -0.39 is 18.1 Å². The molecule has 1 saturated heterocycles. The van der Waals surface area contributed by atoms with Crippen LogP contribution in [-0.4, -0.2) is 47.2 Å². The molecule has 1 heterocycles. The predicted molar refractivity (Wildman–Crippen MR) is 65.1 cm³/mol. The van der Waals surface area contributed by atoms with Crippen LogP contribution < -0.4 is 0 Å². The maximum absolute atomic E-state index is 12.2. The highest BCUT2D eigenvalue weighted by molar-refractivity contribution is 5.86. The molecule has 2 rings (SSSR count). The minimum Gasteiger partial charge on any atom is -0.480 e. The summed E-state index contributed by atoms with van der Waals surface area (Å²) in [4.78, 5) is 24.8. The highest BCUT2D eigenvalue weighted by Crippen LogP contribution is 2.29. The van der Waals surface area contributed by atoms with Crippen molar-refractivity contribution in [1.29, 1.82) is 0 Å². The van der Waals surface area contributed by atoms with E-state index in [2.05, 4.69) is 0 Å². The first-order chi connectivity index (χ1) is 8.59. The average Bonchev–Trinajstić information content (AvgIpc) is 3.19. The Morgan fingerprint density at radius 2 is 2.06 bits per heavy atom. The molecule has 1 saturated carbocycles. The summed E-state index contributed by atoms with van der Waals surface area (Å²) in [5.41, 5.74) is 0. The van der Waals surface area contributed by atoms with Gasteiger partial charge in [-0.25, -0.2) is 4.79 Å². The number of carbonyl (C=O) groups excluding carboxylic acids is 1. The summed E-state index contributed by atoms with van der Waals surface area (Å²) < 4.78 is 5.52. The lowest BCUT2D eigenvalue weighted by atomic mass is 10.0. The molecule has 1 unspecified atom stereocenters. The van der Waals surface area contributed by atoms with Crippen molar-refractivity contribution in [2.75, 3.05) is 13.2 Å². The Bertz CT molecular complexity index is 327. The van der Waals surface area contributed by atoms with Crippen molar-refractivity contribution in [2.45, 2.75) is 51.2 Å². The van der Waals surface area contributed by atoms with Crippen molar-refractivity contribution in [3.8, 4) is 0 Å². The van der Waals surface area contributed by atoms with Gasteiger partial charge in [0.1, 0.15) is 12.1 Å². The van der Waals surface area contributed by atoms with E-state index in [1.54, 1.807) is 6.92 Å². The third kappa shape index (κ3) is 3.22. The molecule has 0 bridgehead atoms. The van der Waals surface area contributed by atoms with E-state index in [1.165, 1.54) is 17.7 Å². The van der Waals surface area contributed by atoms with Crippen LogP contribution in [0.1, 0.15) is 39.0 Å². The number of rotatable bonds is 5. The van der Waals surface area contributed by atoms with Gasteiger partial charge in [-0.2, -0.15) is 0 Å². The van der Waals surface area contributed by atoms with Crippen LogP contribution in [0.2, 0.25) is 0 Å². The van der Waals surface area contributed by atoms with Gasteiger partial charge < -0.3 is 14.7 Å². The molecule has 102 valence electrons. The molecule has 2 fully saturated rings. The number of hydrogen-bond donors (Lipinski definition) is 1. The largest absolute Gasteiger partial charge is 0.480 e. The van der Waals surface area contributed by atoms with Crippen LogP contribution in [-0.2, 0) is 14.3 Å². The van der Waals surface area contributed by atoms with Crippen LogP contribution in [0.25, 0.3) is 0 Å². The number of piperidine rings is 1. The lowest BCUT2D eigenvalue weighted by molar-refractivity contribution is -0.157. The number of carbonyl (C=O) groups is 2. The second-order valence-electron chi connectivity index (χ2n) is 5.30. The summed E-state index contributed by atoms with van der Waals surface area (Å²) in [6.07, 6.45) is 4.15. The smallest absolute Gasteiger partial charge is 0.326 e. The Morgan fingerprint density at radius 1 is 1.33 bits per heavy atom. The number of ether oxygens (including phenoxy) is 1. The fourth-order valence-corrected chi connectivity index (χ4v) is 2.32. The van der Waals surface area contributed by atoms with Gasteiger partial charge in [-0.1, -0.05) is 0 Å². The highest BCUT2D eigenvalue weighted by atomic mass is 16.5. The second-order valence-corrected chi connectivity index (χ2v) is 5.30. The van der Waals surface area contributed by atoms with E-state index in [4.69, 9.17) is 9.84 Å². The van der Waals surface area contributed by atoms with Crippen molar-refractivity contribution in [2.24, 2.45) is 5.92 Å². The monoisotopic (exact) mass is 255 g/mol. The lowest BCUT2D eigenvalue weighted by Gasteiger charge is -2.34. The van der Waals surface area contributed by atoms with E-state index in [0.29, 0.717) is 25.5 Å². The fraction of sp³-hybridized carbons (Fsp3) is 0.846. The predicted octanol–water partition coefficient (Wildman–Crippen LogP) is 1.27. The third-order valence-electron chi connectivity index (χ3n) is 3.70. The highest BCUT2D eigenvalue weighted by Gasteiger charge is 2.34. The minimum absolute atomic E-state index is 0.178. The van der Waals surface area contributed by atoms with Crippen molar-refractivity contribution < 1.29 is 19.4 Å². The average molecular weight is 255 g/mol. The van der Waals surface area contributed by atoms with Gasteiger partial charge in [-0.3, -0.25) is 4.79 Å². The summed E-state index contributed by atoms with van der Waals surface area (Å²) in [7, 11) is 0. The number of aliphatic carboxylic acids is 1. The van der Waals surface area contributed by atoms with Gasteiger partial charge in [0.2, 0.25) is 0 Å². The van der Waals surface area contributed by atoms with Crippen molar-refractivity contribution >= 4 is 11.9 Å². The Hall–Kier alpha value is -1.10. The first kappa shape index (κ1) is 13.3. The lowest BCUT2D eigenvalue weighted by Crippen LogP contribution is -2.51. The van der Waals surface area contributed by atoms with Crippen molar-refractivity contribution in [3.05, 3.63) is 0 Å². The molecule has 18 heavy (non-hydrogen) atoms. The standard InChI is InChI=1S/C13H21NO4/c1-9(18-8-10-5-6-10)12(15)14-7-3-2-4-11(14)13(16)17/h9-11H,2-8H2,1H3,(H,16,17)/t9?,11-/m1/s1. The van der Waals surface area contributed by atoms with Crippen LogP contribution in [0.15, 0.2) is 0 Å². The van der Waals surface area contributed by atoms with Crippen LogP contribution in [0.5, 0.6) is 0 Å². The number of carboxylic acids is 1. The fourth-order valence-electron chi connectivity index (χ4n) is 2.32. The van der Waals surface area contributed by atoms with Crippen LogP contribution in [0, 0.1) is 5.92 Å². The molecular weight excluding hydrogens is 234 g/mol. The summed E-state index contributed by atoms with van der Waals surface area (Å²) in [6, 6.07) is -0.668. The molecule has 0 radical (unpaired) electrons. The van der Waals surface area contributed by atoms with Gasteiger partial charge in [-0.15, -0.1) is 0 Å². The Labute approximate surface area is 107 Å². The molecule has 1 N–H and O–H groups in total. The number of carboxylic acid groups (broad SMARTS) is 1. The zero-order valence-electron chi connectivity index (χ0n) is 10.8. The summed E-state index contributed by atoms with van der Waals surface area (Å²) in [5, 5.41) is 9.13. The molecule has 2 aliphatic rings. The zero-order valence-corrected chi connectivity index (χ0v) is 10.8. The third-order valence-corrected chi connectivity index (χ3v) is 3.70. The van der Waals surface area contributed by atoms with Gasteiger partial charge in [0.05, 0.1) is 6.61 Å². The molecule has 5 heteroatoms. The zero-order chi connectivity index (χ0) is 13.1. The van der Waals surface area contributed by atoms with Crippen LogP contribution in [0.3, 0.4) is 0 Å². The maximum Gasteiger partial charge on any atom is 0.326 e.